The summed E-state index contributed by atoms with van der Waals surface area (Å²) in [5.41, 5.74) is 3.33. The van der Waals surface area contributed by atoms with Crippen molar-refractivity contribution in [1.29, 1.82) is 0 Å². The van der Waals surface area contributed by atoms with Gasteiger partial charge in [-0.3, -0.25) is 24.0 Å². The number of benzene rings is 2. The van der Waals surface area contributed by atoms with Crippen LogP contribution < -0.4 is 21.3 Å². The van der Waals surface area contributed by atoms with Crippen LogP contribution in [0.15, 0.2) is 77.6 Å². The van der Waals surface area contributed by atoms with Crippen LogP contribution in [0.25, 0.3) is 22.5 Å². The summed E-state index contributed by atoms with van der Waals surface area (Å²) in [7, 11) is 0. The predicted octanol–water partition coefficient (Wildman–Crippen LogP) is 1.88. The highest BCUT2D eigenvalue weighted by Gasteiger charge is 2.32. The van der Waals surface area contributed by atoms with Gasteiger partial charge in [-0.1, -0.05) is 79.7 Å². The summed E-state index contributed by atoms with van der Waals surface area (Å²) in [6.45, 7) is 6.59. The molecular formula is C37H44N8O7. The summed E-state index contributed by atoms with van der Waals surface area (Å²) < 4.78 is 7.35. The fraction of sp³-hybridized carbons (Fsp3) is 0.378. The molecule has 0 aliphatic carbocycles. The van der Waals surface area contributed by atoms with E-state index in [9.17, 15) is 29.1 Å². The molecule has 5 amide bonds. The molecule has 5 rings (SSSR count). The Balaban J connectivity index is 1.40. The van der Waals surface area contributed by atoms with Crippen LogP contribution in [0.2, 0.25) is 0 Å². The number of amides is 5. The smallest absolute Gasteiger partial charge is 0.274 e. The molecule has 0 saturated carbocycles. The lowest BCUT2D eigenvalue weighted by Gasteiger charge is -2.26. The summed E-state index contributed by atoms with van der Waals surface area (Å²) in [5, 5.41) is 24.5. The van der Waals surface area contributed by atoms with E-state index in [1.165, 1.54) is 24.8 Å². The van der Waals surface area contributed by atoms with Crippen LogP contribution in [-0.2, 0) is 32.3 Å². The van der Waals surface area contributed by atoms with Crippen LogP contribution in [0, 0.1) is 5.92 Å². The van der Waals surface area contributed by atoms with Gasteiger partial charge in [0.15, 0.2) is 11.5 Å². The molecule has 15 heteroatoms. The second-order valence-corrected chi connectivity index (χ2v) is 13.1. The Kier molecular flexibility index (Phi) is 12.2. The van der Waals surface area contributed by atoms with E-state index in [0.717, 1.165) is 22.5 Å². The van der Waals surface area contributed by atoms with Gasteiger partial charge in [-0.2, -0.15) is 0 Å². The number of aromatic nitrogens is 3. The molecule has 2 aromatic carbocycles. The monoisotopic (exact) mass is 712 g/mol. The molecule has 0 unspecified atom stereocenters. The third-order valence-corrected chi connectivity index (χ3v) is 8.72. The second kappa shape index (κ2) is 16.9. The fourth-order valence-corrected chi connectivity index (χ4v) is 5.83. The molecular weight excluding hydrogens is 668 g/mol. The number of rotatable bonds is 7. The number of hydrogen-bond donors (Lipinski definition) is 5. The van der Waals surface area contributed by atoms with E-state index < -0.39 is 47.9 Å². The number of imidazole rings is 1. The minimum absolute atomic E-state index is 0.0476. The summed E-state index contributed by atoms with van der Waals surface area (Å²) in [5.74, 6) is -3.13. The molecule has 0 spiro atoms. The highest BCUT2D eigenvalue weighted by molar-refractivity contribution is 5.98. The van der Waals surface area contributed by atoms with E-state index in [1.54, 1.807) is 20.2 Å². The minimum Gasteiger partial charge on any atom is -0.391 e. The van der Waals surface area contributed by atoms with Gasteiger partial charge in [0.25, 0.3) is 5.91 Å². The normalized spacial score (nSPS) is 19.9. The van der Waals surface area contributed by atoms with Gasteiger partial charge in [0.2, 0.25) is 23.6 Å². The molecule has 4 aromatic rings. The number of nitrogens with zero attached hydrogens (tertiary/aromatic N) is 4. The van der Waals surface area contributed by atoms with E-state index >= 15 is 0 Å². The van der Waals surface area contributed by atoms with Gasteiger partial charge in [0.05, 0.1) is 30.4 Å². The summed E-state index contributed by atoms with van der Waals surface area (Å²) >= 11 is 0. The van der Waals surface area contributed by atoms with E-state index in [2.05, 4.69) is 26.4 Å². The summed E-state index contributed by atoms with van der Waals surface area (Å²) in [6, 6.07) is 17.4. The number of hydrogen-bond acceptors (Lipinski definition) is 9. The molecule has 0 fully saturated rings. The number of aliphatic hydroxyl groups is 1. The van der Waals surface area contributed by atoms with E-state index in [1.807, 2.05) is 65.2 Å². The van der Waals surface area contributed by atoms with Gasteiger partial charge >= 0.3 is 0 Å². The quantitative estimate of drug-likeness (QED) is 0.190. The first-order valence-corrected chi connectivity index (χ1v) is 17.2. The molecule has 1 aliphatic heterocycles. The van der Waals surface area contributed by atoms with Crippen molar-refractivity contribution in [2.45, 2.75) is 71.4 Å². The van der Waals surface area contributed by atoms with Crippen LogP contribution in [0.1, 0.15) is 50.4 Å². The maximum Gasteiger partial charge on any atom is 0.274 e. The van der Waals surface area contributed by atoms with Crippen molar-refractivity contribution >= 4 is 29.5 Å². The van der Waals surface area contributed by atoms with Crippen LogP contribution in [0.4, 0.5) is 0 Å². The Bertz CT molecular complexity index is 1870. The van der Waals surface area contributed by atoms with Crippen molar-refractivity contribution in [3.05, 3.63) is 84.5 Å². The third-order valence-electron chi connectivity index (χ3n) is 8.72. The predicted molar refractivity (Wildman–Crippen MR) is 190 cm³/mol. The maximum absolute atomic E-state index is 13.9. The molecule has 1 aliphatic rings. The van der Waals surface area contributed by atoms with Gasteiger partial charge in [0.1, 0.15) is 18.1 Å². The number of aryl methyl sites for hydroxylation is 1. The standard InChI is InChI=1S/C37H44N8O7/c1-22(2)30-36(50)38-16-18-44(20-27-19-28(43-52-27)35(49)42-31(24(4)46)37(51)40-23(3)34(48)41-30)29(47)15-17-45-21-39-32(25-11-7-5-8-12-25)33(45)26-13-9-6-10-14-26/h5-14,19,21-24,30-31,46H,15-18,20H2,1-4H3,(H,38,50)(H,40,51)(H,41,48)(H,42,49)/t23-,24+,30-,31-/m0/s1. The Morgan fingerprint density at radius 1 is 0.904 bits per heavy atom. The average Bonchev–Trinajstić information content (AvgIpc) is 3.78. The first-order chi connectivity index (χ1) is 24.9. The van der Waals surface area contributed by atoms with Gasteiger partial charge in [-0.25, -0.2) is 4.98 Å². The van der Waals surface area contributed by atoms with Gasteiger partial charge in [-0.05, 0) is 19.8 Å². The molecule has 3 heterocycles. The zero-order valence-electron chi connectivity index (χ0n) is 29.5. The lowest BCUT2D eigenvalue weighted by molar-refractivity contribution is -0.134. The van der Waals surface area contributed by atoms with Gasteiger partial charge in [0, 0.05) is 43.2 Å². The first-order valence-electron chi connectivity index (χ1n) is 17.2. The third kappa shape index (κ3) is 9.09. The molecule has 2 bridgehead atoms. The number of fused-ring (bicyclic) bond motifs is 2. The van der Waals surface area contributed by atoms with Gasteiger partial charge in [-0.15, -0.1) is 0 Å². The van der Waals surface area contributed by atoms with E-state index in [0.29, 0.717) is 0 Å². The van der Waals surface area contributed by atoms with Crippen LogP contribution in [-0.4, -0.2) is 91.6 Å². The number of aliphatic hydroxyl groups excluding tert-OH is 1. The minimum atomic E-state index is -1.43. The average molecular weight is 713 g/mol. The fourth-order valence-electron chi connectivity index (χ4n) is 5.83. The van der Waals surface area contributed by atoms with E-state index in [-0.39, 0.29) is 55.9 Å². The van der Waals surface area contributed by atoms with Crippen molar-refractivity contribution < 1.29 is 33.6 Å². The van der Waals surface area contributed by atoms with Crippen LogP contribution >= 0.6 is 0 Å². The number of nitrogens with one attached hydrogen (secondary N) is 4. The van der Waals surface area contributed by atoms with Crippen molar-refractivity contribution in [3.63, 3.8) is 0 Å². The second-order valence-electron chi connectivity index (χ2n) is 13.1. The SMILES string of the molecule is CC(C)[C@@H]1NC(=O)[C@H](C)NC(=O)[C@H]([C@@H](C)O)NC(=O)c2cc(on2)CN(C(=O)CCn2cnc(-c3ccccc3)c2-c2ccccc2)CCNC1=O. The van der Waals surface area contributed by atoms with Crippen molar-refractivity contribution in [1.82, 2.24) is 40.9 Å². The maximum atomic E-state index is 13.9. The Morgan fingerprint density at radius 2 is 1.58 bits per heavy atom. The van der Waals surface area contributed by atoms with Crippen LogP contribution in [0.3, 0.4) is 0 Å². The van der Waals surface area contributed by atoms with Gasteiger partial charge < -0.3 is 40.4 Å². The Morgan fingerprint density at radius 3 is 2.23 bits per heavy atom. The molecule has 52 heavy (non-hydrogen) atoms. The van der Waals surface area contributed by atoms with Crippen molar-refractivity contribution in [3.8, 4) is 22.5 Å². The highest BCUT2D eigenvalue weighted by Crippen LogP contribution is 2.31. The molecule has 4 atom stereocenters. The molecule has 2 aromatic heterocycles. The first kappa shape index (κ1) is 37.4. The molecule has 5 N–H and O–H groups in total. The van der Waals surface area contributed by atoms with Crippen molar-refractivity contribution in [2.75, 3.05) is 13.1 Å². The number of carbonyl (C=O) groups is 5. The zero-order chi connectivity index (χ0) is 37.4. The van der Waals surface area contributed by atoms with E-state index in [4.69, 9.17) is 9.51 Å². The zero-order valence-corrected chi connectivity index (χ0v) is 29.5. The van der Waals surface area contributed by atoms with Crippen LogP contribution in [0.5, 0.6) is 0 Å². The molecule has 274 valence electrons. The molecule has 15 nitrogen and oxygen atoms in total. The number of carbonyl (C=O) groups excluding carboxylic acids is 5. The highest BCUT2D eigenvalue weighted by atomic mass is 16.5. The Labute approximate surface area is 301 Å². The largest absolute Gasteiger partial charge is 0.391 e. The van der Waals surface area contributed by atoms with Crippen molar-refractivity contribution in [2.24, 2.45) is 5.92 Å². The molecule has 0 saturated heterocycles. The lowest BCUT2D eigenvalue weighted by atomic mass is 10.0. The Hall–Kier alpha value is -5.83. The topological polar surface area (TPSA) is 201 Å². The molecule has 0 radical (unpaired) electrons. The summed E-state index contributed by atoms with van der Waals surface area (Å²) in [6.07, 6.45) is 0.439. The summed E-state index contributed by atoms with van der Waals surface area (Å²) in [4.78, 5) is 72.5. The lowest BCUT2D eigenvalue weighted by Crippen LogP contribution is -2.58.